The van der Waals surface area contributed by atoms with Crippen LogP contribution in [0.3, 0.4) is 0 Å². The summed E-state index contributed by atoms with van der Waals surface area (Å²) < 4.78 is 21.4. The zero-order chi connectivity index (χ0) is 39.1. The Hall–Kier alpha value is -5.40. The SMILES string of the molecule is COC(=O)c1cccc(OCCc2c(CCO[Si](c3ccccc3)(c3ccccc3)C(C)(C)C)n(C(c3ccccc3)c3ccccc3)c3ccc(Cl)cc23)c1. The standard InChI is InChI=1S/C49H48ClNO4Si/c1-49(2,3)56(41-24-13-7-14-25-41,42-26-15-8-16-27-42)55-33-31-46-43(30-32-54-40-23-17-22-38(34-40)48(52)53-4)44-35-39(50)28-29-45(44)51(46)47(36-18-9-5-10-19-36)37-20-11-6-12-21-37/h5-29,34-35,47H,30-33H2,1-4H3. The first-order valence-corrected chi connectivity index (χ1v) is 21.5. The van der Waals surface area contributed by atoms with Crippen molar-refractivity contribution in [1.82, 2.24) is 4.57 Å². The molecule has 0 radical (unpaired) electrons. The molecule has 284 valence electrons. The number of hydrogen-bond donors (Lipinski definition) is 0. The summed E-state index contributed by atoms with van der Waals surface area (Å²) in [6, 6.07) is 56.2. The maximum Gasteiger partial charge on any atom is 0.337 e. The summed E-state index contributed by atoms with van der Waals surface area (Å²) in [6.07, 6.45) is 1.26. The van der Waals surface area contributed by atoms with Crippen LogP contribution in [0.5, 0.6) is 5.75 Å². The van der Waals surface area contributed by atoms with Crippen molar-refractivity contribution in [1.29, 1.82) is 0 Å². The molecule has 56 heavy (non-hydrogen) atoms. The molecule has 0 atom stereocenters. The Labute approximate surface area is 336 Å². The number of esters is 1. The van der Waals surface area contributed by atoms with Gasteiger partial charge in [-0.05, 0) is 68.5 Å². The number of aromatic nitrogens is 1. The summed E-state index contributed by atoms with van der Waals surface area (Å²) in [4.78, 5) is 12.3. The predicted molar refractivity (Wildman–Crippen MR) is 231 cm³/mol. The smallest absolute Gasteiger partial charge is 0.337 e. The van der Waals surface area contributed by atoms with Gasteiger partial charge >= 0.3 is 5.97 Å². The molecule has 0 amide bonds. The lowest BCUT2D eigenvalue weighted by atomic mass is 9.97. The second-order valence-corrected chi connectivity index (χ2v) is 19.8. The van der Waals surface area contributed by atoms with Crippen LogP contribution < -0.4 is 15.1 Å². The zero-order valence-corrected chi connectivity index (χ0v) is 34.2. The Kier molecular flexibility index (Phi) is 11.9. The van der Waals surface area contributed by atoms with Crippen molar-refractivity contribution < 1.29 is 18.7 Å². The van der Waals surface area contributed by atoms with E-state index in [0.717, 1.165) is 16.5 Å². The number of carbonyl (C=O) groups is 1. The summed E-state index contributed by atoms with van der Waals surface area (Å²) in [5.74, 6) is 0.210. The van der Waals surface area contributed by atoms with E-state index in [2.05, 4.69) is 159 Å². The van der Waals surface area contributed by atoms with Gasteiger partial charge in [0.2, 0.25) is 0 Å². The largest absolute Gasteiger partial charge is 0.493 e. The fourth-order valence-corrected chi connectivity index (χ4v) is 12.9. The molecule has 0 unspecified atom stereocenters. The maximum atomic E-state index is 12.3. The average molecular weight is 778 g/mol. The van der Waals surface area contributed by atoms with Gasteiger partial charge in [-0.2, -0.15) is 0 Å². The Balaban J connectivity index is 1.36. The molecule has 6 aromatic carbocycles. The predicted octanol–water partition coefficient (Wildman–Crippen LogP) is 10.5. The molecule has 7 heteroatoms. The molecule has 0 aliphatic rings. The number of ether oxygens (including phenoxy) is 2. The van der Waals surface area contributed by atoms with Gasteiger partial charge in [0.25, 0.3) is 8.32 Å². The molecule has 0 aliphatic heterocycles. The van der Waals surface area contributed by atoms with Gasteiger partial charge in [0.15, 0.2) is 0 Å². The van der Waals surface area contributed by atoms with Crippen molar-refractivity contribution in [3.63, 3.8) is 0 Å². The Morgan fingerprint density at radius 2 is 1.25 bits per heavy atom. The van der Waals surface area contributed by atoms with Crippen molar-refractivity contribution >= 4 is 47.2 Å². The molecule has 7 aromatic rings. The third-order valence-electron chi connectivity index (χ3n) is 10.6. The van der Waals surface area contributed by atoms with Crippen LogP contribution in [0.4, 0.5) is 0 Å². The molecule has 1 aromatic heterocycles. The molecular formula is C49H48ClNO4Si. The highest BCUT2D eigenvalue weighted by atomic mass is 35.5. The second kappa shape index (κ2) is 17.2. The van der Waals surface area contributed by atoms with Crippen molar-refractivity contribution in [3.05, 3.63) is 197 Å². The highest BCUT2D eigenvalue weighted by Gasteiger charge is 2.50. The Morgan fingerprint density at radius 1 is 0.679 bits per heavy atom. The first-order chi connectivity index (χ1) is 27.2. The van der Waals surface area contributed by atoms with E-state index < -0.39 is 14.3 Å². The normalized spacial score (nSPS) is 11.9. The van der Waals surface area contributed by atoms with Crippen LogP contribution >= 0.6 is 11.6 Å². The highest BCUT2D eigenvalue weighted by molar-refractivity contribution is 6.99. The molecule has 0 saturated heterocycles. The minimum Gasteiger partial charge on any atom is -0.493 e. The van der Waals surface area contributed by atoms with Gasteiger partial charge in [0.05, 0.1) is 25.3 Å². The van der Waals surface area contributed by atoms with E-state index in [-0.39, 0.29) is 11.1 Å². The molecular weight excluding hydrogens is 730 g/mol. The van der Waals surface area contributed by atoms with Crippen LogP contribution in [0.1, 0.15) is 59.6 Å². The van der Waals surface area contributed by atoms with Crippen molar-refractivity contribution in [2.45, 2.75) is 44.7 Å². The third-order valence-corrected chi connectivity index (χ3v) is 15.9. The molecule has 0 fully saturated rings. The van der Waals surface area contributed by atoms with Crippen molar-refractivity contribution in [2.24, 2.45) is 0 Å². The summed E-state index contributed by atoms with van der Waals surface area (Å²) in [5, 5.41) is 4.10. The summed E-state index contributed by atoms with van der Waals surface area (Å²) in [5.41, 5.74) is 6.24. The molecule has 0 saturated carbocycles. The number of nitrogens with zero attached hydrogens (tertiary/aromatic N) is 1. The van der Waals surface area contributed by atoms with Gasteiger partial charge in [0, 0.05) is 41.1 Å². The van der Waals surface area contributed by atoms with Crippen molar-refractivity contribution in [2.75, 3.05) is 20.3 Å². The van der Waals surface area contributed by atoms with E-state index in [0.29, 0.717) is 42.4 Å². The molecule has 1 heterocycles. The van der Waals surface area contributed by atoms with Crippen LogP contribution in [0, 0.1) is 0 Å². The molecule has 5 nitrogen and oxygen atoms in total. The number of halogens is 1. The molecule has 0 aliphatic carbocycles. The van der Waals surface area contributed by atoms with E-state index in [1.54, 1.807) is 12.1 Å². The first kappa shape index (κ1) is 38.9. The van der Waals surface area contributed by atoms with Crippen LogP contribution in [-0.4, -0.2) is 39.2 Å². The quantitative estimate of drug-likeness (QED) is 0.0815. The van der Waals surface area contributed by atoms with Crippen LogP contribution in [0.15, 0.2) is 164 Å². The topological polar surface area (TPSA) is 49.7 Å². The summed E-state index contributed by atoms with van der Waals surface area (Å²) in [7, 11) is -1.44. The van der Waals surface area contributed by atoms with Gasteiger partial charge in [-0.15, -0.1) is 0 Å². The Morgan fingerprint density at radius 3 is 1.80 bits per heavy atom. The lowest BCUT2D eigenvalue weighted by Gasteiger charge is -2.43. The number of hydrogen-bond acceptors (Lipinski definition) is 4. The maximum absolute atomic E-state index is 12.3. The summed E-state index contributed by atoms with van der Waals surface area (Å²) in [6.45, 7) is 7.84. The van der Waals surface area contributed by atoms with Gasteiger partial charge in [-0.1, -0.05) is 160 Å². The van der Waals surface area contributed by atoms with Gasteiger partial charge in [0.1, 0.15) is 5.75 Å². The van der Waals surface area contributed by atoms with E-state index in [9.17, 15) is 4.79 Å². The van der Waals surface area contributed by atoms with E-state index >= 15 is 0 Å². The number of methoxy groups -OCH3 is 1. The van der Waals surface area contributed by atoms with Crippen LogP contribution in [0.2, 0.25) is 10.1 Å². The number of benzene rings is 6. The number of fused-ring (bicyclic) bond motifs is 1. The number of rotatable bonds is 14. The van der Waals surface area contributed by atoms with E-state index in [4.69, 9.17) is 25.5 Å². The molecule has 0 N–H and O–H groups in total. The highest BCUT2D eigenvalue weighted by Crippen LogP contribution is 2.40. The minimum atomic E-state index is -2.82. The number of carbonyl (C=O) groups excluding carboxylic acids is 1. The fraction of sp³-hybridized carbons (Fsp3) is 0.204. The Bertz CT molecular complexity index is 2300. The van der Waals surface area contributed by atoms with Gasteiger partial charge in [-0.3, -0.25) is 0 Å². The molecule has 0 spiro atoms. The monoisotopic (exact) mass is 777 g/mol. The third kappa shape index (κ3) is 7.96. The second-order valence-electron chi connectivity index (χ2n) is 15.1. The summed E-state index contributed by atoms with van der Waals surface area (Å²) >= 11 is 6.80. The molecule has 0 bridgehead atoms. The molecule has 7 rings (SSSR count). The van der Waals surface area contributed by atoms with E-state index in [1.807, 2.05) is 18.2 Å². The minimum absolute atomic E-state index is 0.115. The lowest BCUT2D eigenvalue weighted by Crippen LogP contribution is -2.66. The van der Waals surface area contributed by atoms with Crippen LogP contribution in [0.25, 0.3) is 10.9 Å². The first-order valence-electron chi connectivity index (χ1n) is 19.2. The fourth-order valence-electron chi connectivity index (χ4n) is 8.18. The average Bonchev–Trinajstić information content (AvgIpc) is 3.51. The van der Waals surface area contributed by atoms with Gasteiger partial charge < -0.3 is 18.5 Å². The van der Waals surface area contributed by atoms with Crippen molar-refractivity contribution in [3.8, 4) is 5.75 Å². The lowest BCUT2D eigenvalue weighted by molar-refractivity contribution is 0.0600. The van der Waals surface area contributed by atoms with E-state index in [1.165, 1.54) is 34.3 Å². The zero-order valence-electron chi connectivity index (χ0n) is 32.5. The van der Waals surface area contributed by atoms with Crippen LogP contribution in [-0.2, 0) is 22.0 Å². The van der Waals surface area contributed by atoms with Gasteiger partial charge in [-0.25, -0.2) is 4.79 Å².